The number of fused-ring (bicyclic) bond motifs is 1. The van der Waals surface area contributed by atoms with Gasteiger partial charge in [-0.3, -0.25) is 29.3 Å². The van der Waals surface area contributed by atoms with Crippen LogP contribution in [0.3, 0.4) is 0 Å². The van der Waals surface area contributed by atoms with Crippen LogP contribution in [-0.4, -0.2) is 37.4 Å². The Morgan fingerprint density at radius 2 is 1.72 bits per heavy atom. The molecule has 0 saturated heterocycles. The van der Waals surface area contributed by atoms with Crippen molar-refractivity contribution in [3.63, 3.8) is 0 Å². The van der Waals surface area contributed by atoms with Crippen molar-refractivity contribution < 1.29 is 19.5 Å². The first-order valence-electron chi connectivity index (χ1n) is 10.4. The Bertz CT molecular complexity index is 1240. The highest BCUT2D eigenvalue weighted by Crippen LogP contribution is 2.21. The molecule has 2 aromatic heterocycles. The summed E-state index contributed by atoms with van der Waals surface area (Å²) in [6.07, 6.45) is 2.61. The predicted octanol–water partition coefficient (Wildman–Crippen LogP) is 3.10. The summed E-state index contributed by atoms with van der Waals surface area (Å²) in [5, 5.41) is 11.9. The van der Waals surface area contributed by atoms with Crippen LogP contribution in [0.15, 0.2) is 35.3 Å². The van der Waals surface area contributed by atoms with Crippen molar-refractivity contribution >= 4 is 34.8 Å². The van der Waals surface area contributed by atoms with Crippen LogP contribution in [0.25, 0.3) is 11.0 Å². The van der Waals surface area contributed by atoms with Crippen LogP contribution in [0.2, 0.25) is 0 Å². The second-order valence-electron chi connectivity index (χ2n) is 8.28. The molecular weight excluding hydrogens is 412 g/mol. The Hall–Kier alpha value is -3.75. The van der Waals surface area contributed by atoms with Crippen LogP contribution in [0, 0.1) is 11.8 Å². The number of carboxylic acid groups (broad SMARTS) is 1. The first-order chi connectivity index (χ1) is 15.1. The van der Waals surface area contributed by atoms with Gasteiger partial charge in [-0.05, 0) is 36.1 Å². The Labute approximate surface area is 184 Å². The average Bonchev–Trinajstić information content (AvgIpc) is 3.10. The zero-order chi connectivity index (χ0) is 23.6. The molecule has 168 valence electrons. The van der Waals surface area contributed by atoms with Gasteiger partial charge in [0.2, 0.25) is 17.8 Å². The topological polar surface area (TPSA) is 134 Å². The van der Waals surface area contributed by atoms with Gasteiger partial charge in [0, 0.05) is 18.0 Å². The second-order valence-corrected chi connectivity index (χ2v) is 8.28. The summed E-state index contributed by atoms with van der Waals surface area (Å²) in [5.74, 6) is -2.14. The fourth-order valence-corrected chi connectivity index (χ4v) is 3.26. The summed E-state index contributed by atoms with van der Waals surface area (Å²) >= 11 is 0. The van der Waals surface area contributed by atoms with Gasteiger partial charge in [-0.15, -0.1) is 0 Å². The van der Waals surface area contributed by atoms with Crippen LogP contribution >= 0.6 is 0 Å². The minimum Gasteiger partial charge on any atom is -0.478 e. The molecule has 3 N–H and O–H groups in total. The maximum absolute atomic E-state index is 12.9. The Morgan fingerprint density at radius 3 is 2.28 bits per heavy atom. The van der Waals surface area contributed by atoms with Gasteiger partial charge in [0.25, 0.3) is 5.56 Å². The Balaban J connectivity index is 2.00. The SMILES string of the molecule is CC(C)C(=O)Nc1nc2c(c(CCc3ccc(C(=O)O)cc3)cn2C(=O)C(C)C)c(=O)[nH]1. The number of aromatic carboxylic acids is 1. The van der Waals surface area contributed by atoms with E-state index in [0.29, 0.717) is 23.8 Å². The molecule has 9 nitrogen and oxygen atoms in total. The number of anilines is 1. The maximum atomic E-state index is 12.9. The first kappa shape index (κ1) is 22.9. The Morgan fingerprint density at radius 1 is 1.06 bits per heavy atom. The quantitative estimate of drug-likeness (QED) is 0.519. The predicted molar refractivity (Wildman–Crippen MR) is 120 cm³/mol. The molecule has 32 heavy (non-hydrogen) atoms. The minimum absolute atomic E-state index is 0.00656. The molecule has 1 amide bonds. The molecule has 1 aromatic carbocycles. The minimum atomic E-state index is -0.996. The van der Waals surface area contributed by atoms with Crippen molar-refractivity contribution in [3.05, 3.63) is 57.5 Å². The van der Waals surface area contributed by atoms with Crippen LogP contribution < -0.4 is 10.9 Å². The number of aromatic amines is 1. The molecule has 0 aliphatic carbocycles. The number of hydrogen-bond acceptors (Lipinski definition) is 5. The standard InChI is InChI=1S/C23H26N4O5/c1-12(2)19(28)25-23-24-18-17(20(29)26-23)16(11-27(18)21(30)13(3)4)10-7-14-5-8-15(9-6-14)22(31)32/h5-6,8-9,11-13H,7,10H2,1-4H3,(H,31,32)(H2,24,25,26,28,29). The summed E-state index contributed by atoms with van der Waals surface area (Å²) in [6.45, 7) is 6.95. The number of aryl methyl sites for hydroxylation is 2. The molecule has 0 aliphatic heterocycles. The van der Waals surface area contributed by atoms with Crippen molar-refractivity contribution in [2.24, 2.45) is 11.8 Å². The van der Waals surface area contributed by atoms with E-state index in [1.807, 2.05) is 0 Å². The number of carbonyl (C=O) groups is 3. The fourth-order valence-electron chi connectivity index (χ4n) is 3.26. The summed E-state index contributed by atoms with van der Waals surface area (Å²) in [4.78, 5) is 55.6. The molecule has 3 rings (SSSR count). The molecule has 9 heteroatoms. The lowest BCUT2D eigenvalue weighted by atomic mass is 10.0. The number of aromatic nitrogens is 3. The van der Waals surface area contributed by atoms with Gasteiger partial charge >= 0.3 is 5.97 Å². The van der Waals surface area contributed by atoms with E-state index >= 15 is 0 Å². The van der Waals surface area contributed by atoms with Crippen LogP contribution in [0.1, 0.15) is 54.0 Å². The molecule has 0 spiro atoms. The smallest absolute Gasteiger partial charge is 0.335 e. The van der Waals surface area contributed by atoms with Gasteiger partial charge in [0.15, 0.2) is 5.65 Å². The molecular formula is C23H26N4O5. The first-order valence-corrected chi connectivity index (χ1v) is 10.4. The van der Waals surface area contributed by atoms with E-state index in [9.17, 15) is 19.2 Å². The molecule has 0 radical (unpaired) electrons. The van der Waals surface area contributed by atoms with E-state index in [2.05, 4.69) is 15.3 Å². The highest BCUT2D eigenvalue weighted by molar-refractivity contribution is 5.95. The van der Waals surface area contributed by atoms with Crippen molar-refractivity contribution in [2.45, 2.75) is 40.5 Å². The van der Waals surface area contributed by atoms with E-state index in [1.54, 1.807) is 46.0 Å². The van der Waals surface area contributed by atoms with Gasteiger partial charge in [0.1, 0.15) is 0 Å². The lowest BCUT2D eigenvalue weighted by Crippen LogP contribution is -2.23. The van der Waals surface area contributed by atoms with Crippen molar-refractivity contribution in [1.29, 1.82) is 0 Å². The lowest BCUT2D eigenvalue weighted by Gasteiger charge is -2.09. The number of carboxylic acids is 1. The van der Waals surface area contributed by atoms with Crippen molar-refractivity contribution in [2.75, 3.05) is 5.32 Å². The Kier molecular flexibility index (Phi) is 6.57. The highest BCUT2D eigenvalue weighted by atomic mass is 16.4. The van der Waals surface area contributed by atoms with E-state index in [1.165, 1.54) is 16.7 Å². The monoisotopic (exact) mass is 438 g/mol. The number of nitrogens with one attached hydrogen (secondary N) is 2. The molecule has 0 fully saturated rings. The van der Waals surface area contributed by atoms with Gasteiger partial charge < -0.3 is 5.11 Å². The number of carbonyl (C=O) groups excluding carboxylic acids is 2. The molecule has 0 bridgehead atoms. The summed E-state index contributed by atoms with van der Waals surface area (Å²) in [6, 6.07) is 6.51. The third-order valence-corrected chi connectivity index (χ3v) is 5.12. The number of nitrogens with zero attached hydrogens (tertiary/aromatic N) is 2. The van der Waals surface area contributed by atoms with E-state index in [0.717, 1.165) is 5.56 Å². The normalized spacial score (nSPS) is 11.3. The largest absolute Gasteiger partial charge is 0.478 e. The summed E-state index contributed by atoms with van der Waals surface area (Å²) < 4.78 is 1.36. The number of benzene rings is 1. The fraction of sp³-hybridized carbons (Fsp3) is 0.348. The van der Waals surface area contributed by atoms with Crippen molar-refractivity contribution in [3.8, 4) is 0 Å². The molecule has 2 heterocycles. The van der Waals surface area contributed by atoms with Gasteiger partial charge in [0.05, 0.1) is 10.9 Å². The maximum Gasteiger partial charge on any atom is 0.335 e. The second kappa shape index (κ2) is 9.17. The number of rotatable bonds is 7. The highest BCUT2D eigenvalue weighted by Gasteiger charge is 2.21. The van der Waals surface area contributed by atoms with E-state index < -0.39 is 11.5 Å². The molecule has 0 aliphatic rings. The third kappa shape index (κ3) is 4.77. The van der Waals surface area contributed by atoms with Crippen LogP contribution in [-0.2, 0) is 17.6 Å². The molecule has 0 saturated carbocycles. The average molecular weight is 438 g/mol. The summed E-state index contributed by atoms with van der Waals surface area (Å²) in [5.41, 5.74) is 1.50. The zero-order valence-corrected chi connectivity index (χ0v) is 18.4. The number of amides is 1. The molecule has 0 atom stereocenters. The van der Waals surface area contributed by atoms with Crippen LogP contribution in [0.5, 0.6) is 0 Å². The molecule has 0 unspecified atom stereocenters. The van der Waals surface area contributed by atoms with Crippen LogP contribution in [0.4, 0.5) is 5.95 Å². The number of H-pyrrole nitrogens is 1. The van der Waals surface area contributed by atoms with E-state index in [-0.39, 0.29) is 40.8 Å². The van der Waals surface area contributed by atoms with Gasteiger partial charge in [-0.25, -0.2) is 4.79 Å². The van der Waals surface area contributed by atoms with E-state index in [4.69, 9.17) is 5.11 Å². The summed E-state index contributed by atoms with van der Waals surface area (Å²) in [7, 11) is 0. The van der Waals surface area contributed by atoms with Gasteiger partial charge in [-0.1, -0.05) is 39.8 Å². The lowest BCUT2D eigenvalue weighted by molar-refractivity contribution is -0.118. The zero-order valence-electron chi connectivity index (χ0n) is 18.4. The number of hydrogen-bond donors (Lipinski definition) is 3. The van der Waals surface area contributed by atoms with Gasteiger partial charge in [-0.2, -0.15) is 4.98 Å². The third-order valence-electron chi connectivity index (χ3n) is 5.12. The van der Waals surface area contributed by atoms with Crippen molar-refractivity contribution in [1.82, 2.24) is 14.5 Å². The molecule has 3 aromatic rings.